The predicted octanol–water partition coefficient (Wildman–Crippen LogP) is 2.64. The van der Waals surface area contributed by atoms with Gasteiger partial charge >= 0.3 is 0 Å². The maximum absolute atomic E-state index is 11.4. The summed E-state index contributed by atoms with van der Waals surface area (Å²) in [5, 5.41) is 0.873. The minimum atomic E-state index is -0.184. The summed E-state index contributed by atoms with van der Waals surface area (Å²) in [6.45, 7) is 2.86. The van der Waals surface area contributed by atoms with Gasteiger partial charge in [0, 0.05) is 17.9 Å². The Labute approximate surface area is 93.1 Å². The molecule has 0 radical (unpaired) electrons. The van der Waals surface area contributed by atoms with E-state index in [1.165, 1.54) is 13.8 Å². The Morgan fingerprint density at radius 1 is 1.06 bits per heavy atom. The van der Waals surface area contributed by atoms with Crippen molar-refractivity contribution in [2.24, 2.45) is 0 Å². The fourth-order valence-electron chi connectivity index (χ4n) is 1.65. The van der Waals surface area contributed by atoms with Crippen LogP contribution in [-0.2, 0) is 0 Å². The van der Waals surface area contributed by atoms with Crippen LogP contribution >= 0.6 is 0 Å². The summed E-state index contributed by atoms with van der Waals surface area (Å²) in [5.74, 6) is -0.320. The van der Waals surface area contributed by atoms with Gasteiger partial charge in [-0.1, -0.05) is 18.2 Å². The van der Waals surface area contributed by atoms with Crippen LogP contribution in [0.1, 0.15) is 34.7 Å². The van der Waals surface area contributed by atoms with Crippen LogP contribution < -0.4 is 0 Å². The average Bonchev–Trinajstić information content (AvgIpc) is 2.27. The van der Waals surface area contributed by atoms with E-state index in [0.29, 0.717) is 5.56 Å². The van der Waals surface area contributed by atoms with Gasteiger partial charge in [0.05, 0.1) is 5.52 Å². The molecular weight excluding hydrogens is 202 g/mol. The summed E-state index contributed by atoms with van der Waals surface area (Å²) in [6.07, 6.45) is 0. The lowest BCUT2D eigenvalue weighted by molar-refractivity contribution is 0.0977. The summed E-state index contributed by atoms with van der Waals surface area (Å²) in [4.78, 5) is 27.0. The Hall–Kier alpha value is -2.03. The largest absolute Gasteiger partial charge is 0.294 e. The molecule has 0 aliphatic rings. The first kappa shape index (κ1) is 10.5. The highest BCUT2D eigenvalue weighted by atomic mass is 16.1. The third-order valence-corrected chi connectivity index (χ3v) is 2.44. The third-order valence-electron chi connectivity index (χ3n) is 2.44. The second kappa shape index (κ2) is 3.85. The van der Waals surface area contributed by atoms with Gasteiger partial charge in [0.1, 0.15) is 5.69 Å². The molecule has 2 rings (SSSR count). The highest BCUT2D eigenvalue weighted by Crippen LogP contribution is 2.17. The maximum Gasteiger partial charge on any atom is 0.178 e. The molecule has 3 nitrogen and oxygen atoms in total. The molecule has 1 aromatic heterocycles. The van der Waals surface area contributed by atoms with Crippen molar-refractivity contribution in [1.82, 2.24) is 4.98 Å². The number of fused-ring (bicyclic) bond motifs is 1. The van der Waals surface area contributed by atoms with Gasteiger partial charge in [0.15, 0.2) is 11.6 Å². The van der Waals surface area contributed by atoms with E-state index in [2.05, 4.69) is 4.98 Å². The maximum atomic E-state index is 11.4. The number of hydrogen-bond acceptors (Lipinski definition) is 3. The van der Waals surface area contributed by atoms with Crippen molar-refractivity contribution in [3.63, 3.8) is 0 Å². The highest BCUT2D eigenvalue weighted by molar-refractivity contribution is 6.08. The van der Waals surface area contributed by atoms with Crippen molar-refractivity contribution < 1.29 is 9.59 Å². The molecule has 0 spiro atoms. The molecule has 80 valence electrons. The Morgan fingerprint density at radius 3 is 2.38 bits per heavy atom. The number of hydrogen-bond donors (Lipinski definition) is 0. The molecule has 0 aliphatic heterocycles. The van der Waals surface area contributed by atoms with Crippen molar-refractivity contribution in [3.8, 4) is 0 Å². The molecule has 1 aromatic carbocycles. The Kier molecular flexibility index (Phi) is 2.52. The monoisotopic (exact) mass is 213 g/mol. The molecule has 0 aliphatic carbocycles. The highest BCUT2D eigenvalue weighted by Gasteiger charge is 2.13. The average molecular weight is 213 g/mol. The van der Waals surface area contributed by atoms with Crippen molar-refractivity contribution in [2.75, 3.05) is 0 Å². The first-order valence-corrected chi connectivity index (χ1v) is 5.01. The van der Waals surface area contributed by atoms with Gasteiger partial charge in [-0.2, -0.15) is 0 Å². The molecule has 2 aromatic rings. The van der Waals surface area contributed by atoms with Gasteiger partial charge in [-0.15, -0.1) is 0 Å². The van der Waals surface area contributed by atoms with Gasteiger partial charge in [0.25, 0.3) is 0 Å². The van der Waals surface area contributed by atoms with Crippen molar-refractivity contribution >= 4 is 22.5 Å². The zero-order valence-electron chi connectivity index (χ0n) is 9.15. The van der Waals surface area contributed by atoms with Crippen LogP contribution in [0.25, 0.3) is 10.9 Å². The summed E-state index contributed by atoms with van der Waals surface area (Å²) in [5.41, 5.74) is 1.38. The number of para-hydroxylation sites is 1. The van der Waals surface area contributed by atoms with Gasteiger partial charge in [0.2, 0.25) is 0 Å². The van der Waals surface area contributed by atoms with Gasteiger partial charge in [-0.05, 0) is 19.1 Å². The number of pyridine rings is 1. The van der Waals surface area contributed by atoms with Gasteiger partial charge < -0.3 is 0 Å². The molecule has 0 N–H and O–H groups in total. The third kappa shape index (κ3) is 1.72. The van der Waals surface area contributed by atoms with E-state index in [1.54, 1.807) is 6.07 Å². The van der Waals surface area contributed by atoms with E-state index in [1.807, 2.05) is 24.3 Å². The van der Waals surface area contributed by atoms with Crippen LogP contribution in [0.3, 0.4) is 0 Å². The van der Waals surface area contributed by atoms with Crippen molar-refractivity contribution in [2.45, 2.75) is 13.8 Å². The first-order chi connectivity index (χ1) is 7.59. The molecule has 0 bridgehead atoms. The zero-order chi connectivity index (χ0) is 11.7. The number of carbonyl (C=O) groups is 2. The van der Waals surface area contributed by atoms with Crippen molar-refractivity contribution in [1.29, 1.82) is 0 Å². The second-order valence-electron chi connectivity index (χ2n) is 3.69. The smallest absolute Gasteiger partial charge is 0.178 e. The SMILES string of the molecule is CC(=O)c1cc2ccccc2nc1C(C)=O. The Balaban J connectivity index is 2.81. The van der Waals surface area contributed by atoms with Crippen LogP contribution in [-0.4, -0.2) is 16.6 Å². The van der Waals surface area contributed by atoms with E-state index in [4.69, 9.17) is 0 Å². The number of rotatable bonds is 2. The lowest BCUT2D eigenvalue weighted by Gasteiger charge is -2.05. The number of aromatic nitrogens is 1. The number of ketones is 2. The van der Waals surface area contributed by atoms with E-state index in [0.717, 1.165) is 10.9 Å². The van der Waals surface area contributed by atoms with E-state index in [-0.39, 0.29) is 17.3 Å². The molecule has 0 atom stereocenters. The molecule has 0 saturated carbocycles. The van der Waals surface area contributed by atoms with Crippen LogP contribution in [0.4, 0.5) is 0 Å². The second-order valence-corrected chi connectivity index (χ2v) is 3.69. The first-order valence-electron chi connectivity index (χ1n) is 5.01. The number of nitrogens with zero attached hydrogens (tertiary/aromatic N) is 1. The molecule has 0 amide bonds. The standard InChI is InChI=1S/C13H11NO2/c1-8(15)11-7-10-5-3-4-6-12(10)14-13(11)9(2)16/h3-7H,1-2H3. The van der Waals surface area contributed by atoms with Crippen LogP contribution in [0, 0.1) is 0 Å². The number of carbonyl (C=O) groups excluding carboxylic acids is 2. The molecule has 0 unspecified atom stereocenters. The van der Waals surface area contributed by atoms with Gasteiger partial charge in [-0.25, -0.2) is 4.98 Å². The predicted molar refractivity (Wildman–Crippen MR) is 61.8 cm³/mol. The van der Waals surface area contributed by atoms with Crippen LogP contribution in [0.5, 0.6) is 0 Å². The van der Waals surface area contributed by atoms with Crippen LogP contribution in [0.15, 0.2) is 30.3 Å². The van der Waals surface area contributed by atoms with Crippen LogP contribution in [0.2, 0.25) is 0 Å². The molecule has 1 heterocycles. The Bertz CT molecular complexity index is 535. The summed E-state index contributed by atoms with van der Waals surface area (Å²) < 4.78 is 0. The van der Waals surface area contributed by atoms with Gasteiger partial charge in [-0.3, -0.25) is 9.59 Å². The molecular formula is C13H11NO2. The van der Waals surface area contributed by atoms with Crippen molar-refractivity contribution in [3.05, 3.63) is 41.6 Å². The van der Waals surface area contributed by atoms with E-state index >= 15 is 0 Å². The lowest BCUT2D eigenvalue weighted by atomic mass is 10.0. The quantitative estimate of drug-likeness (QED) is 0.720. The molecule has 16 heavy (non-hydrogen) atoms. The summed E-state index contributed by atoms with van der Waals surface area (Å²) >= 11 is 0. The zero-order valence-corrected chi connectivity index (χ0v) is 9.15. The Morgan fingerprint density at radius 2 is 1.75 bits per heavy atom. The topological polar surface area (TPSA) is 47.0 Å². The molecule has 0 saturated heterocycles. The van der Waals surface area contributed by atoms with E-state index < -0.39 is 0 Å². The lowest BCUT2D eigenvalue weighted by Crippen LogP contribution is -2.07. The van der Waals surface area contributed by atoms with E-state index in [9.17, 15) is 9.59 Å². The number of Topliss-reactive ketones (excluding diaryl/α,β-unsaturated/α-hetero) is 2. The normalized spacial score (nSPS) is 10.4. The minimum absolute atomic E-state index is 0.136. The fourth-order valence-corrected chi connectivity index (χ4v) is 1.65. The summed E-state index contributed by atoms with van der Waals surface area (Å²) in [6, 6.07) is 9.15. The fraction of sp³-hybridized carbons (Fsp3) is 0.154. The number of benzene rings is 1. The molecule has 3 heteroatoms. The summed E-state index contributed by atoms with van der Waals surface area (Å²) in [7, 11) is 0. The molecule has 0 fully saturated rings. The minimum Gasteiger partial charge on any atom is -0.294 e.